The Kier molecular flexibility index (Phi) is 8.32. The molecule has 1 aromatic heterocycles. The Hall–Kier alpha value is -3.20. The predicted octanol–water partition coefficient (Wildman–Crippen LogP) is 6.86. The smallest absolute Gasteiger partial charge is 0.317 e. The molecule has 3 N–H and O–H groups in total. The lowest BCUT2D eigenvalue weighted by Crippen LogP contribution is -2.67. The van der Waals surface area contributed by atoms with E-state index < -0.39 is 27.9 Å². The zero-order valence-corrected chi connectivity index (χ0v) is 28.9. The minimum Gasteiger partial charge on any atom is -0.461 e. The van der Waals surface area contributed by atoms with Crippen LogP contribution < -0.4 is 5.32 Å². The Bertz CT molecular complexity index is 1590. The van der Waals surface area contributed by atoms with Gasteiger partial charge in [-0.15, -0.1) is 0 Å². The number of methoxy groups -OCH3 is 1. The molecule has 8 rings (SSSR count). The monoisotopic (exact) mass is 656 g/mol. The van der Waals surface area contributed by atoms with Crippen molar-refractivity contribution < 1.29 is 29.0 Å². The van der Waals surface area contributed by atoms with Gasteiger partial charge in [-0.3, -0.25) is 4.79 Å². The van der Waals surface area contributed by atoms with Crippen molar-refractivity contribution in [3.05, 3.63) is 83.9 Å². The maximum absolute atomic E-state index is 14.5. The van der Waals surface area contributed by atoms with E-state index in [1.807, 2.05) is 37.3 Å². The van der Waals surface area contributed by atoms with Crippen molar-refractivity contribution in [1.82, 2.24) is 10.2 Å². The van der Waals surface area contributed by atoms with Crippen LogP contribution >= 0.6 is 0 Å². The van der Waals surface area contributed by atoms with Crippen molar-refractivity contribution in [2.45, 2.75) is 89.9 Å². The topological polar surface area (TPSA) is 112 Å². The minimum atomic E-state index is -1.15. The van der Waals surface area contributed by atoms with Gasteiger partial charge in [0.1, 0.15) is 0 Å². The molecule has 6 aliphatic carbocycles. The van der Waals surface area contributed by atoms with Crippen LogP contribution in [0, 0.1) is 33.5 Å². The average Bonchev–Trinajstić information content (AvgIpc) is 3.71. The summed E-state index contributed by atoms with van der Waals surface area (Å²) in [7, 11) is 1.66. The molecule has 2 bridgehead atoms. The van der Waals surface area contributed by atoms with Crippen molar-refractivity contribution in [2.75, 3.05) is 26.8 Å². The first kappa shape index (κ1) is 33.3. The highest BCUT2D eigenvalue weighted by Gasteiger charge is 2.74. The predicted molar refractivity (Wildman–Crippen MR) is 183 cm³/mol. The molecule has 1 heterocycles. The summed E-state index contributed by atoms with van der Waals surface area (Å²) in [5.41, 5.74) is -1.01. The Morgan fingerprint density at radius 3 is 2.48 bits per heavy atom. The van der Waals surface area contributed by atoms with E-state index >= 15 is 0 Å². The van der Waals surface area contributed by atoms with E-state index in [-0.39, 0.29) is 41.7 Å². The Morgan fingerprint density at radius 2 is 1.75 bits per heavy atom. The number of urea groups is 1. The maximum Gasteiger partial charge on any atom is 0.317 e. The molecule has 2 aromatic rings. The largest absolute Gasteiger partial charge is 0.461 e. The first-order valence-corrected chi connectivity index (χ1v) is 17.9. The number of aliphatic hydroxyl groups excluding tert-OH is 1. The molecule has 1 unspecified atom stereocenters. The van der Waals surface area contributed by atoms with Gasteiger partial charge in [-0.2, -0.15) is 0 Å². The number of amides is 2. The third kappa shape index (κ3) is 4.80. The van der Waals surface area contributed by atoms with Crippen LogP contribution in [0.3, 0.4) is 0 Å². The van der Waals surface area contributed by atoms with E-state index in [0.717, 1.165) is 43.2 Å². The van der Waals surface area contributed by atoms with Crippen LogP contribution in [0.5, 0.6) is 0 Å². The molecule has 6 aliphatic rings. The molecule has 8 nitrogen and oxygen atoms in total. The van der Waals surface area contributed by atoms with Crippen molar-refractivity contribution in [2.24, 2.45) is 33.5 Å². The van der Waals surface area contributed by atoms with Gasteiger partial charge in [0.05, 0.1) is 30.6 Å². The Morgan fingerprint density at radius 1 is 1.02 bits per heavy atom. The molecule has 9 atom stereocenters. The number of furan rings is 1. The fourth-order valence-corrected chi connectivity index (χ4v) is 11.2. The number of allylic oxidation sites excluding steroid dienone is 4. The highest BCUT2D eigenvalue weighted by atomic mass is 16.5. The first-order chi connectivity index (χ1) is 22.9. The Labute approximate surface area is 284 Å². The van der Waals surface area contributed by atoms with Gasteiger partial charge in [0.2, 0.25) is 5.78 Å². The number of fused-ring (bicyclic) bond motifs is 1. The molecule has 48 heavy (non-hydrogen) atoms. The summed E-state index contributed by atoms with van der Waals surface area (Å²) >= 11 is 0. The molecular formula is C40H52N2O6. The van der Waals surface area contributed by atoms with Gasteiger partial charge in [-0.25, -0.2) is 4.79 Å². The van der Waals surface area contributed by atoms with Crippen molar-refractivity contribution in [3.63, 3.8) is 0 Å². The number of nitrogens with one attached hydrogen (secondary N) is 1. The van der Waals surface area contributed by atoms with Gasteiger partial charge >= 0.3 is 6.03 Å². The summed E-state index contributed by atoms with van der Waals surface area (Å²) < 4.78 is 11.1. The number of ketones is 1. The van der Waals surface area contributed by atoms with Crippen molar-refractivity contribution in [3.8, 4) is 0 Å². The summed E-state index contributed by atoms with van der Waals surface area (Å²) in [6.07, 6.45) is 13.8. The number of hydrogen-bond donors (Lipinski definition) is 3. The third-order valence-corrected chi connectivity index (χ3v) is 13.9. The van der Waals surface area contributed by atoms with E-state index in [4.69, 9.17) is 9.15 Å². The van der Waals surface area contributed by atoms with Crippen LogP contribution in [-0.4, -0.2) is 65.4 Å². The number of Topliss-reactive ketones (excluding diaryl/α,β-unsaturated/α-hetero) is 1. The lowest BCUT2D eigenvalue weighted by Gasteiger charge is -2.71. The molecule has 8 heteroatoms. The maximum atomic E-state index is 14.5. The Balaban J connectivity index is 1.24. The summed E-state index contributed by atoms with van der Waals surface area (Å²) in [6.45, 7) is 7.76. The molecule has 3 fully saturated rings. The van der Waals surface area contributed by atoms with E-state index in [9.17, 15) is 19.8 Å². The average molecular weight is 657 g/mol. The van der Waals surface area contributed by atoms with Crippen LogP contribution in [0.4, 0.5) is 4.79 Å². The quantitative estimate of drug-likeness (QED) is 0.146. The normalized spacial score (nSPS) is 38.4. The number of rotatable bonds is 10. The second-order valence-electron chi connectivity index (χ2n) is 16.0. The number of ether oxygens (including phenoxy) is 1. The SMILES string of the molecule is COCCCN(C[C@]1(O)CC[C@H]2[C@]34C=C[C@@]5(C=C3C(=O)c3ccco3)CC(O)CC[C@]5(C)[C@H]4CC[C@@]21C)C(=O)N[C@H](C)c1ccccc1. The summed E-state index contributed by atoms with van der Waals surface area (Å²) in [5, 5.41) is 27.0. The molecule has 2 amide bonds. The van der Waals surface area contributed by atoms with E-state index in [1.54, 1.807) is 30.4 Å². The van der Waals surface area contributed by atoms with Crippen LogP contribution in [0.2, 0.25) is 0 Å². The van der Waals surface area contributed by atoms with Crippen LogP contribution in [0.1, 0.15) is 94.3 Å². The van der Waals surface area contributed by atoms with Gasteiger partial charge in [0.25, 0.3) is 0 Å². The summed E-state index contributed by atoms with van der Waals surface area (Å²) in [5.74, 6) is 0.420. The highest BCUT2D eigenvalue weighted by Crippen LogP contribution is 2.78. The fraction of sp³-hybridized carbons (Fsp3) is 0.600. The lowest BCUT2D eigenvalue weighted by atomic mass is 9.32. The summed E-state index contributed by atoms with van der Waals surface area (Å²) in [6, 6.07) is 13.0. The molecule has 3 saturated carbocycles. The molecule has 1 aromatic carbocycles. The van der Waals surface area contributed by atoms with E-state index in [1.165, 1.54) is 0 Å². The standard InChI is InChI=1S/C40H52N2O6/c1-27(28-10-6-5-7-11-28)41-35(45)42(21-9-22-47-4)26-39(46)18-15-33-37(39,3)17-14-32-36(2)16-13-29(43)24-38(36)19-20-40(32,33)30(25-38)34(44)31-12-8-23-48-31/h5-8,10-12,19-20,23,25,27,29,32-33,43,46H,9,13-18,21-22,24,26H2,1-4H3,(H,41,45)/t27-,29?,32-,33-,36-,37+,38+,39-,40-/m1/s1. The van der Waals surface area contributed by atoms with Gasteiger partial charge in [0, 0.05) is 42.1 Å². The highest BCUT2D eigenvalue weighted by molar-refractivity contribution is 6.08. The van der Waals surface area contributed by atoms with Gasteiger partial charge in [-0.1, -0.05) is 62.4 Å². The van der Waals surface area contributed by atoms with E-state index in [2.05, 4.69) is 37.4 Å². The summed E-state index contributed by atoms with van der Waals surface area (Å²) in [4.78, 5) is 30.2. The molecule has 0 aliphatic heterocycles. The van der Waals surface area contributed by atoms with Gasteiger partial charge < -0.3 is 29.6 Å². The number of carbonyl (C=O) groups excluding carboxylic acids is 2. The molecule has 0 radical (unpaired) electrons. The number of hydrogen-bond acceptors (Lipinski definition) is 6. The van der Waals surface area contributed by atoms with Crippen LogP contribution in [0.25, 0.3) is 0 Å². The van der Waals surface area contributed by atoms with Crippen molar-refractivity contribution >= 4 is 11.8 Å². The second kappa shape index (κ2) is 12.0. The van der Waals surface area contributed by atoms with Crippen LogP contribution in [-0.2, 0) is 4.74 Å². The number of aliphatic hydroxyl groups is 2. The molecule has 258 valence electrons. The molecular weight excluding hydrogens is 604 g/mol. The number of benzene rings is 1. The third-order valence-electron chi connectivity index (χ3n) is 13.9. The fourth-order valence-electron chi connectivity index (χ4n) is 11.2. The van der Waals surface area contributed by atoms with Crippen LogP contribution in [0.15, 0.2) is 76.9 Å². The number of nitrogens with zero attached hydrogens (tertiary/aromatic N) is 1. The second-order valence-corrected chi connectivity index (χ2v) is 16.0. The van der Waals surface area contributed by atoms with Crippen molar-refractivity contribution in [1.29, 1.82) is 0 Å². The zero-order chi connectivity index (χ0) is 34.0. The zero-order valence-electron chi connectivity index (χ0n) is 28.9. The van der Waals surface area contributed by atoms with E-state index in [0.29, 0.717) is 38.2 Å². The minimum absolute atomic E-state index is 0.00994. The molecule has 0 saturated heterocycles. The first-order valence-electron chi connectivity index (χ1n) is 17.9. The van der Waals surface area contributed by atoms with Gasteiger partial charge in [-0.05, 0) is 93.2 Å². The molecule has 2 spiro atoms. The lowest BCUT2D eigenvalue weighted by molar-refractivity contribution is -0.174. The number of carbonyl (C=O) groups is 2. The van der Waals surface area contributed by atoms with Gasteiger partial charge in [0.15, 0.2) is 5.76 Å².